The Labute approximate surface area is 122 Å². The van der Waals surface area contributed by atoms with Crippen LogP contribution < -0.4 is 5.32 Å². The second-order valence-corrected chi connectivity index (χ2v) is 6.22. The summed E-state index contributed by atoms with van der Waals surface area (Å²) in [6.45, 7) is -0.841. The van der Waals surface area contributed by atoms with Gasteiger partial charge in [-0.05, 0) is 6.42 Å². The Balaban J connectivity index is 5.47. The molecular weight excluding hydrogens is 377 g/mol. The number of carboxylic acid groups (broad SMARTS) is 1. The zero-order chi connectivity index (χ0) is 18.9. The first-order chi connectivity index (χ1) is 9.92. The van der Waals surface area contributed by atoms with Gasteiger partial charge in [0.2, 0.25) is 9.84 Å². The SMILES string of the molecule is O=C(O)NCCCS(=O)(=O)C(F)(F)C(F)(F)C(F)(F)C(F)(F)F. The number of amides is 1. The third-order valence-electron chi connectivity index (χ3n) is 2.37. The summed E-state index contributed by atoms with van der Waals surface area (Å²) in [5, 5.41) is 2.80. The van der Waals surface area contributed by atoms with Gasteiger partial charge in [0, 0.05) is 6.54 Å². The molecule has 15 heteroatoms. The Morgan fingerprint density at radius 2 is 1.35 bits per heavy atom. The van der Waals surface area contributed by atoms with Gasteiger partial charge in [0.05, 0.1) is 5.75 Å². The zero-order valence-corrected chi connectivity index (χ0v) is 11.4. The van der Waals surface area contributed by atoms with E-state index in [1.807, 2.05) is 0 Å². The topological polar surface area (TPSA) is 83.5 Å². The molecule has 0 bridgehead atoms. The van der Waals surface area contributed by atoms with Gasteiger partial charge in [-0.15, -0.1) is 0 Å². The maximum absolute atomic E-state index is 13.1. The van der Waals surface area contributed by atoms with Crippen LogP contribution in [0.1, 0.15) is 6.42 Å². The van der Waals surface area contributed by atoms with Crippen molar-refractivity contribution in [2.24, 2.45) is 0 Å². The molecule has 0 heterocycles. The van der Waals surface area contributed by atoms with Crippen LogP contribution in [0.2, 0.25) is 0 Å². The molecule has 0 saturated heterocycles. The van der Waals surface area contributed by atoms with Crippen molar-refractivity contribution < 1.29 is 57.8 Å². The van der Waals surface area contributed by atoms with Gasteiger partial charge >= 0.3 is 29.4 Å². The van der Waals surface area contributed by atoms with Crippen molar-refractivity contribution in [3.8, 4) is 0 Å². The van der Waals surface area contributed by atoms with Gasteiger partial charge < -0.3 is 10.4 Å². The van der Waals surface area contributed by atoms with Crippen molar-refractivity contribution >= 4 is 15.9 Å². The van der Waals surface area contributed by atoms with E-state index < -0.39 is 57.9 Å². The van der Waals surface area contributed by atoms with Crippen LogP contribution >= 0.6 is 0 Å². The minimum atomic E-state index is -7.31. The largest absolute Gasteiger partial charge is 0.465 e. The Hall–Kier alpha value is -1.41. The van der Waals surface area contributed by atoms with Crippen LogP contribution in [0.3, 0.4) is 0 Å². The number of hydrogen-bond acceptors (Lipinski definition) is 3. The molecule has 1 amide bonds. The smallest absolute Gasteiger partial charge is 0.460 e. The van der Waals surface area contributed by atoms with Crippen LogP contribution in [0.25, 0.3) is 0 Å². The second kappa shape index (κ2) is 6.24. The standard InChI is InChI=1S/C8H8F9NO4S/c9-5(10,7(13,14)15)6(11,12)8(16,17)23(21,22)3-1-2-18-4(19)20/h18H,1-3H2,(H,19,20). The number of rotatable bonds is 7. The van der Waals surface area contributed by atoms with Gasteiger partial charge in [-0.3, -0.25) is 0 Å². The monoisotopic (exact) mass is 385 g/mol. The molecule has 23 heavy (non-hydrogen) atoms. The van der Waals surface area contributed by atoms with Crippen molar-refractivity contribution in [2.75, 3.05) is 12.3 Å². The van der Waals surface area contributed by atoms with Crippen LogP contribution in [-0.4, -0.2) is 55.2 Å². The van der Waals surface area contributed by atoms with Crippen LogP contribution in [-0.2, 0) is 9.84 Å². The summed E-state index contributed by atoms with van der Waals surface area (Å²) in [5.41, 5.74) is 0. The van der Waals surface area contributed by atoms with Crippen molar-refractivity contribution in [3.05, 3.63) is 0 Å². The Bertz CT molecular complexity index is 542. The molecule has 0 aromatic rings. The minimum absolute atomic E-state index is 0.841. The molecule has 0 aromatic carbocycles. The number of carbonyl (C=O) groups is 1. The highest BCUT2D eigenvalue weighted by molar-refractivity contribution is 7.92. The molecule has 0 saturated carbocycles. The highest BCUT2D eigenvalue weighted by Crippen LogP contribution is 2.54. The Kier molecular flexibility index (Phi) is 5.86. The molecule has 0 aliphatic carbocycles. The fourth-order valence-corrected chi connectivity index (χ4v) is 2.44. The van der Waals surface area contributed by atoms with E-state index in [2.05, 4.69) is 0 Å². The predicted octanol–water partition coefficient (Wildman–Crippen LogP) is 2.48. The number of alkyl halides is 9. The molecule has 0 unspecified atom stereocenters. The molecule has 138 valence electrons. The first-order valence-corrected chi connectivity index (χ1v) is 6.96. The summed E-state index contributed by atoms with van der Waals surface area (Å²) < 4.78 is 135. The van der Waals surface area contributed by atoms with Gasteiger partial charge in [0.25, 0.3) is 0 Å². The molecule has 0 radical (unpaired) electrons. The third-order valence-corrected chi connectivity index (χ3v) is 4.24. The molecule has 0 aliphatic heterocycles. The summed E-state index contributed by atoms with van der Waals surface area (Å²) in [6.07, 6.45) is -9.92. The van der Waals surface area contributed by atoms with Gasteiger partial charge in [0.15, 0.2) is 0 Å². The normalized spacial score (nSPS) is 14.7. The summed E-state index contributed by atoms with van der Waals surface area (Å²) in [5.74, 6) is -16.5. The van der Waals surface area contributed by atoms with E-state index in [0.717, 1.165) is 0 Å². The van der Waals surface area contributed by atoms with E-state index in [1.54, 1.807) is 0 Å². The maximum atomic E-state index is 13.1. The quantitative estimate of drug-likeness (QED) is 0.521. The van der Waals surface area contributed by atoms with E-state index in [1.165, 1.54) is 5.32 Å². The lowest BCUT2D eigenvalue weighted by atomic mass is 10.1. The van der Waals surface area contributed by atoms with Gasteiger partial charge in [-0.25, -0.2) is 13.2 Å². The Morgan fingerprint density at radius 3 is 1.70 bits per heavy atom. The van der Waals surface area contributed by atoms with Crippen molar-refractivity contribution in [1.29, 1.82) is 0 Å². The van der Waals surface area contributed by atoms with Gasteiger partial charge in [0.1, 0.15) is 0 Å². The molecular formula is C8H8F9NO4S. The fourth-order valence-electron chi connectivity index (χ4n) is 1.14. The molecule has 2 N–H and O–H groups in total. The molecule has 0 atom stereocenters. The van der Waals surface area contributed by atoms with Crippen molar-refractivity contribution in [1.82, 2.24) is 5.32 Å². The first-order valence-electron chi connectivity index (χ1n) is 5.31. The number of hydrogen-bond donors (Lipinski definition) is 2. The fraction of sp³-hybridized carbons (Fsp3) is 0.875. The number of sulfone groups is 1. The molecule has 0 aromatic heterocycles. The summed E-state index contributed by atoms with van der Waals surface area (Å²) in [4.78, 5) is 9.97. The van der Waals surface area contributed by atoms with Crippen LogP contribution in [0.5, 0.6) is 0 Å². The van der Waals surface area contributed by atoms with E-state index in [0.29, 0.717) is 0 Å². The highest BCUT2D eigenvalue weighted by Gasteiger charge is 2.84. The average Bonchev–Trinajstić information content (AvgIpc) is 2.32. The lowest BCUT2D eigenvalue weighted by molar-refractivity contribution is -0.382. The predicted molar refractivity (Wildman–Crippen MR) is 55.3 cm³/mol. The number of nitrogens with one attached hydrogen (secondary N) is 1. The molecule has 0 aliphatic rings. The lowest BCUT2D eigenvalue weighted by Gasteiger charge is -2.33. The molecule has 0 fully saturated rings. The third kappa shape index (κ3) is 3.92. The van der Waals surface area contributed by atoms with Gasteiger partial charge in [-0.1, -0.05) is 0 Å². The maximum Gasteiger partial charge on any atom is 0.460 e. The second-order valence-electron chi connectivity index (χ2n) is 4.07. The molecule has 0 rings (SSSR count). The van der Waals surface area contributed by atoms with Crippen molar-refractivity contribution in [2.45, 2.75) is 29.7 Å². The van der Waals surface area contributed by atoms with Crippen molar-refractivity contribution in [3.63, 3.8) is 0 Å². The highest BCUT2D eigenvalue weighted by atomic mass is 32.2. The van der Waals surface area contributed by atoms with Crippen LogP contribution in [0.15, 0.2) is 0 Å². The van der Waals surface area contributed by atoms with Gasteiger partial charge in [-0.2, -0.15) is 39.5 Å². The van der Waals surface area contributed by atoms with E-state index >= 15 is 0 Å². The Morgan fingerprint density at radius 1 is 0.913 bits per heavy atom. The van der Waals surface area contributed by atoms with E-state index in [4.69, 9.17) is 5.11 Å². The minimum Gasteiger partial charge on any atom is -0.465 e. The van der Waals surface area contributed by atoms with Crippen LogP contribution in [0, 0.1) is 0 Å². The summed E-state index contributed by atoms with van der Waals surface area (Å²) >= 11 is 0. The average molecular weight is 385 g/mol. The summed E-state index contributed by atoms with van der Waals surface area (Å²) in [7, 11) is -6.46. The van der Waals surface area contributed by atoms with E-state index in [-0.39, 0.29) is 0 Å². The summed E-state index contributed by atoms with van der Waals surface area (Å²) in [6, 6.07) is 0. The van der Waals surface area contributed by atoms with E-state index in [9.17, 15) is 52.7 Å². The zero-order valence-electron chi connectivity index (χ0n) is 10.6. The number of halogens is 9. The molecule has 5 nitrogen and oxygen atoms in total. The van der Waals surface area contributed by atoms with Crippen LogP contribution in [0.4, 0.5) is 44.3 Å². The first kappa shape index (κ1) is 21.6. The lowest BCUT2D eigenvalue weighted by Crippen LogP contribution is -2.63. The molecule has 0 spiro atoms.